The number of hydrogen-bond acceptors (Lipinski definition) is 2. The molecule has 0 N–H and O–H groups in total. The fourth-order valence-electron chi connectivity index (χ4n) is 2.37. The van der Waals surface area contributed by atoms with Gasteiger partial charge in [0.15, 0.2) is 5.76 Å². The number of furan rings is 1. The summed E-state index contributed by atoms with van der Waals surface area (Å²) in [6.07, 6.45) is 2.38. The van der Waals surface area contributed by atoms with Gasteiger partial charge in [-0.15, -0.1) is 0 Å². The van der Waals surface area contributed by atoms with Gasteiger partial charge in [0, 0.05) is 18.7 Å². The Bertz CT molecular complexity index is 647. The molecule has 0 saturated carbocycles. The summed E-state index contributed by atoms with van der Waals surface area (Å²) < 4.78 is 5.85. The van der Waals surface area contributed by atoms with Gasteiger partial charge in [0.25, 0.3) is 0 Å². The molecule has 0 atom stereocenters. The van der Waals surface area contributed by atoms with E-state index >= 15 is 0 Å². The molecule has 1 aliphatic rings. The van der Waals surface area contributed by atoms with E-state index in [1.54, 1.807) is 6.07 Å². The van der Waals surface area contributed by atoms with Crippen molar-refractivity contribution in [3.63, 3.8) is 0 Å². The number of hydrogen-bond donors (Lipinski definition) is 0. The maximum atomic E-state index is 6.21. The minimum atomic E-state index is 0.502. The number of nitrogens with zero attached hydrogens (tertiary/aromatic N) is 1. The Labute approximate surface area is 133 Å². The van der Waals surface area contributed by atoms with Crippen LogP contribution < -0.4 is 0 Å². The van der Waals surface area contributed by atoms with Crippen LogP contribution in [0.25, 0.3) is 11.3 Å². The van der Waals surface area contributed by atoms with Crippen LogP contribution in [0.1, 0.15) is 18.6 Å². The van der Waals surface area contributed by atoms with E-state index in [4.69, 9.17) is 39.8 Å². The van der Waals surface area contributed by atoms with E-state index in [1.807, 2.05) is 24.3 Å². The molecule has 1 aromatic carbocycles. The summed E-state index contributed by atoms with van der Waals surface area (Å²) in [5.74, 6) is 1.40. The van der Waals surface area contributed by atoms with Crippen LogP contribution >= 0.6 is 35.4 Å². The van der Waals surface area contributed by atoms with Crippen molar-refractivity contribution in [2.75, 3.05) is 13.1 Å². The molecule has 1 aliphatic heterocycles. The molecule has 2 nitrogen and oxygen atoms in total. The topological polar surface area (TPSA) is 16.4 Å². The second-order valence-corrected chi connectivity index (χ2v) is 5.94. The highest BCUT2D eigenvalue weighted by atomic mass is 35.5. The van der Waals surface area contributed by atoms with Crippen LogP contribution in [0.5, 0.6) is 0 Å². The number of likely N-dealkylation sites (tertiary alicyclic amines) is 1. The highest BCUT2D eigenvalue weighted by Crippen LogP contribution is 2.34. The Morgan fingerprint density at radius 1 is 1.10 bits per heavy atom. The van der Waals surface area contributed by atoms with Gasteiger partial charge in [0.1, 0.15) is 10.7 Å². The summed E-state index contributed by atoms with van der Waals surface area (Å²) in [7, 11) is 0. The predicted octanol–water partition coefficient (Wildman–Crippen LogP) is 5.02. The maximum Gasteiger partial charge on any atom is 0.162 e. The van der Waals surface area contributed by atoms with Crippen molar-refractivity contribution in [1.82, 2.24) is 4.90 Å². The third-order valence-electron chi connectivity index (χ3n) is 3.43. The normalized spacial score (nSPS) is 14.8. The standard InChI is InChI=1S/C15H13Cl2NOS/c16-11-5-3-4-10(14(11)17)12-6-7-13(19-12)15(20)18-8-1-2-9-18/h3-7H,1-2,8-9H2. The second-order valence-electron chi connectivity index (χ2n) is 4.76. The lowest BCUT2D eigenvalue weighted by Gasteiger charge is -2.16. The third-order valence-corrected chi connectivity index (χ3v) is 4.71. The molecule has 0 radical (unpaired) electrons. The van der Waals surface area contributed by atoms with Gasteiger partial charge < -0.3 is 9.32 Å². The summed E-state index contributed by atoms with van der Waals surface area (Å²) in [5.41, 5.74) is 0.787. The first-order valence-corrected chi connectivity index (χ1v) is 7.67. The molecule has 1 saturated heterocycles. The predicted molar refractivity (Wildman–Crippen MR) is 86.7 cm³/mol. The lowest BCUT2D eigenvalue weighted by Crippen LogP contribution is -2.26. The first-order valence-electron chi connectivity index (χ1n) is 6.50. The van der Waals surface area contributed by atoms with E-state index in [2.05, 4.69) is 4.90 Å². The lowest BCUT2D eigenvalue weighted by molar-refractivity contribution is 0.500. The van der Waals surface area contributed by atoms with Gasteiger partial charge in [-0.3, -0.25) is 0 Å². The fourth-order valence-corrected chi connectivity index (χ4v) is 3.05. The third kappa shape index (κ3) is 2.58. The van der Waals surface area contributed by atoms with Crippen LogP contribution in [0.15, 0.2) is 34.7 Å². The Balaban J connectivity index is 1.90. The van der Waals surface area contributed by atoms with Crippen molar-refractivity contribution in [3.05, 3.63) is 46.1 Å². The van der Waals surface area contributed by atoms with E-state index in [0.717, 1.165) is 23.6 Å². The Hall–Kier alpha value is -1.03. The van der Waals surface area contributed by atoms with Gasteiger partial charge in [-0.25, -0.2) is 0 Å². The van der Waals surface area contributed by atoms with Crippen molar-refractivity contribution in [2.45, 2.75) is 12.8 Å². The summed E-state index contributed by atoms with van der Waals surface area (Å²) in [6.45, 7) is 2.01. The van der Waals surface area contributed by atoms with Gasteiger partial charge >= 0.3 is 0 Å². The molecule has 3 rings (SSSR count). The molecule has 0 unspecified atom stereocenters. The number of rotatable bonds is 2. The van der Waals surface area contributed by atoms with E-state index in [0.29, 0.717) is 21.6 Å². The molecule has 2 heterocycles. The van der Waals surface area contributed by atoms with E-state index in [-0.39, 0.29) is 0 Å². The zero-order valence-corrected chi connectivity index (χ0v) is 13.1. The smallest absolute Gasteiger partial charge is 0.162 e. The molecule has 2 aromatic rings. The number of halogens is 2. The average Bonchev–Trinajstić information content (AvgIpc) is 3.11. The SMILES string of the molecule is S=C(c1ccc(-c2cccc(Cl)c2Cl)o1)N1CCCC1. The second kappa shape index (κ2) is 5.76. The van der Waals surface area contributed by atoms with Crippen molar-refractivity contribution in [1.29, 1.82) is 0 Å². The Morgan fingerprint density at radius 2 is 1.85 bits per heavy atom. The minimum Gasteiger partial charge on any atom is -0.454 e. The minimum absolute atomic E-state index is 0.502. The Kier molecular flexibility index (Phi) is 4.01. The zero-order chi connectivity index (χ0) is 14.1. The van der Waals surface area contributed by atoms with E-state index in [1.165, 1.54) is 12.8 Å². The van der Waals surface area contributed by atoms with Gasteiger partial charge in [-0.1, -0.05) is 41.5 Å². The molecule has 0 bridgehead atoms. The molecule has 0 spiro atoms. The molecule has 104 valence electrons. The van der Waals surface area contributed by atoms with E-state index < -0.39 is 0 Å². The van der Waals surface area contributed by atoms with Gasteiger partial charge in [0.2, 0.25) is 0 Å². The fraction of sp³-hybridized carbons (Fsp3) is 0.267. The molecule has 0 aliphatic carbocycles. The maximum absolute atomic E-state index is 6.21. The molecular formula is C15H13Cl2NOS. The highest BCUT2D eigenvalue weighted by Gasteiger charge is 2.19. The van der Waals surface area contributed by atoms with Crippen molar-refractivity contribution >= 4 is 40.4 Å². The molecule has 1 aromatic heterocycles. The lowest BCUT2D eigenvalue weighted by atomic mass is 10.2. The average molecular weight is 326 g/mol. The van der Waals surface area contributed by atoms with Crippen LogP contribution in [0.3, 0.4) is 0 Å². The molecule has 20 heavy (non-hydrogen) atoms. The van der Waals surface area contributed by atoms with Gasteiger partial charge in [-0.05, 0) is 37.1 Å². The first-order chi connectivity index (χ1) is 9.66. The Morgan fingerprint density at radius 3 is 2.60 bits per heavy atom. The van der Waals surface area contributed by atoms with Crippen molar-refractivity contribution in [2.24, 2.45) is 0 Å². The van der Waals surface area contributed by atoms with Crippen molar-refractivity contribution in [3.8, 4) is 11.3 Å². The largest absolute Gasteiger partial charge is 0.454 e. The summed E-state index contributed by atoms with van der Waals surface area (Å²) >= 11 is 17.7. The molecule has 0 amide bonds. The summed E-state index contributed by atoms with van der Waals surface area (Å²) in [4.78, 5) is 2.95. The molecular weight excluding hydrogens is 313 g/mol. The zero-order valence-electron chi connectivity index (χ0n) is 10.7. The quantitative estimate of drug-likeness (QED) is 0.721. The van der Waals surface area contributed by atoms with Crippen LogP contribution in [0.2, 0.25) is 10.0 Å². The van der Waals surface area contributed by atoms with Crippen LogP contribution in [-0.2, 0) is 0 Å². The number of benzene rings is 1. The van der Waals surface area contributed by atoms with E-state index in [9.17, 15) is 0 Å². The van der Waals surface area contributed by atoms with Crippen molar-refractivity contribution < 1.29 is 4.42 Å². The highest BCUT2D eigenvalue weighted by molar-refractivity contribution is 7.80. The number of thiocarbonyl (C=S) groups is 1. The monoisotopic (exact) mass is 325 g/mol. The molecule has 1 fully saturated rings. The van der Waals surface area contributed by atoms with Crippen LogP contribution in [0.4, 0.5) is 0 Å². The van der Waals surface area contributed by atoms with Crippen LogP contribution in [0, 0.1) is 0 Å². The molecule has 5 heteroatoms. The van der Waals surface area contributed by atoms with Crippen LogP contribution in [-0.4, -0.2) is 23.0 Å². The van der Waals surface area contributed by atoms with Gasteiger partial charge in [-0.2, -0.15) is 0 Å². The summed E-state index contributed by atoms with van der Waals surface area (Å²) in [5, 5.41) is 1.02. The van der Waals surface area contributed by atoms with Gasteiger partial charge in [0.05, 0.1) is 10.0 Å². The first kappa shape index (κ1) is 13.9. The summed E-state index contributed by atoms with van der Waals surface area (Å²) in [6, 6.07) is 9.27.